The van der Waals surface area contributed by atoms with Crippen LogP contribution in [0.1, 0.15) is 46.9 Å². The number of halogens is 1. The second-order valence-electron chi connectivity index (χ2n) is 6.74. The van der Waals surface area contributed by atoms with Crippen molar-refractivity contribution in [3.05, 3.63) is 64.6 Å². The Labute approximate surface area is 146 Å². The van der Waals surface area contributed by atoms with Gasteiger partial charge in [-0.25, -0.2) is 0 Å². The van der Waals surface area contributed by atoms with Gasteiger partial charge in [-0.15, -0.1) is 0 Å². The predicted molar refractivity (Wildman–Crippen MR) is 96.7 cm³/mol. The lowest BCUT2D eigenvalue weighted by molar-refractivity contribution is 0.0965. The number of carbonyl (C=O) groups is 1. The SMILES string of the molecule is Cc1ccnc(C(CC(=O)c2cc3cc(Cl)ccc3[nH]2)C2CC2)c1. The Kier molecular flexibility index (Phi) is 3.89. The highest BCUT2D eigenvalue weighted by atomic mass is 35.5. The lowest BCUT2D eigenvalue weighted by Crippen LogP contribution is -2.11. The lowest BCUT2D eigenvalue weighted by Gasteiger charge is -2.15. The quantitative estimate of drug-likeness (QED) is 0.642. The molecule has 1 atom stereocenters. The summed E-state index contributed by atoms with van der Waals surface area (Å²) in [7, 11) is 0. The van der Waals surface area contributed by atoms with Crippen LogP contribution < -0.4 is 0 Å². The molecule has 3 nitrogen and oxygen atoms in total. The standard InChI is InChI=1S/C20H19ClN2O/c1-12-6-7-22-18(8-12)16(13-2-3-13)11-20(24)19-10-14-9-15(21)4-5-17(14)23-19/h4-10,13,16,23H,2-3,11H2,1H3. The van der Waals surface area contributed by atoms with Crippen molar-refractivity contribution in [1.82, 2.24) is 9.97 Å². The summed E-state index contributed by atoms with van der Waals surface area (Å²) in [5, 5.41) is 1.66. The third kappa shape index (κ3) is 3.09. The van der Waals surface area contributed by atoms with E-state index >= 15 is 0 Å². The number of aromatic nitrogens is 2. The monoisotopic (exact) mass is 338 g/mol. The number of hydrogen-bond donors (Lipinski definition) is 1. The van der Waals surface area contributed by atoms with Crippen LogP contribution in [0.4, 0.5) is 0 Å². The van der Waals surface area contributed by atoms with Crippen LogP contribution in [-0.2, 0) is 0 Å². The Hall–Kier alpha value is -2.13. The highest BCUT2D eigenvalue weighted by molar-refractivity contribution is 6.31. The van der Waals surface area contributed by atoms with Gasteiger partial charge in [-0.3, -0.25) is 9.78 Å². The number of hydrogen-bond acceptors (Lipinski definition) is 2. The summed E-state index contributed by atoms with van der Waals surface area (Å²) in [6.45, 7) is 2.07. The van der Waals surface area contributed by atoms with Crippen LogP contribution in [0.15, 0.2) is 42.6 Å². The van der Waals surface area contributed by atoms with Crippen LogP contribution in [0.3, 0.4) is 0 Å². The molecule has 3 aromatic rings. The number of ketones is 1. The molecular formula is C20H19ClN2O. The number of carbonyl (C=O) groups excluding carboxylic acids is 1. The summed E-state index contributed by atoms with van der Waals surface area (Å²) in [6, 6.07) is 11.6. The molecule has 0 saturated heterocycles. The Balaban J connectivity index is 1.60. The summed E-state index contributed by atoms with van der Waals surface area (Å²) in [5.74, 6) is 0.942. The summed E-state index contributed by atoms with van der Waals surface area (Å²) in [4.78, 5) is 20.6. The maximum absolute atomic E-state index is 12.8. The van der Waals surface area contributed by atoms with Crippen LogP contribution in [0.2, 0.25) is 5.02 Å². The van der Waals surface area contributed by atoms with Crippen molar-refractivity contribution >= 4 is 28.3 Å². The molecule has 1 fully saturated rings. The number of aromatic amines is 1. The Morgan fingerprint density at radius 1 is 1.29 bits per heavy atom. The molecule has 4 heteroatoms. The molecule has 1 aliphatic rings. The van der Waals surface area contributed by atoms with E-state index in [1.165, 1.54) is 18.4 Å². The van der Waals surface area contributed by atoms with E-state index in [-0.39, 0.29) is 11.7 Å². The van der Waals surface area contributed by atoms with Crippen molar-refractivity contribution in [1.29, 1.82) is 0 Å². The third-order valence-electron chi connectivity index (χ3n) is 4.80. The van der Waals surface area contributed by atoms with Crippen LogP contribution in [-0.4, -0.2) is 15.8 Å². The third-order valence-corrected chi connectivity index (χ3v) is 5.03. The van der Waals surface area contributed by atoms with E-state index in [0.29, 0.717) is 23.1 Å². The number of H-pyrrole nitrogens is 1. The smallest absolute Gasteiger partial charge is 0.179 e. The van der Waals surface area contributed by atoms with Gasteiger partial charge >= 0.3 is 0 Å². The van der Waals surface area contributed by atoms with Crippen LogP contribution >= 0.6 is 11.6 Å². The van der Waals surface area contributed by atoms with Crippen molar-refractivity contribution < 1.29 is 4.79 Å². The number of benzene rings is 1. The van der Waals surface area contributed by atoms with Crippen LogP contribution in [0.5, 0.6) is 0 Å². The molecule has 1 unspecified atom stereocenters. The first-order valence-electron chi connectivity index (χ1n) is 8.34. The molecule has 2 heterocycles. The largest absolute Gasteiger partial charge is 0.352 e. The van der Waals surface area contributed by atoms with Gasteiger partial charge in [0.1, 0.15) is 0 Å². The summed E-state index contributed by atoms with van der Waals surface area (Å²) >= 11 is 6.03. The van der Waals surface area contributed by atoms with Gasteiger partial charge in [-0.2, -0.15) is 0 Å². The Morgan fingerprint density at radius 3 is 2.88 bits per heavy atom. The van der Waals surface area contributed by atoms with E-state index in [1.807, 2.05) is 36.5 Å². The zero-order valence-corrected chi connectivity index (χ0v) is 14.3. The van der Waals surface area contributed by atoms with Crippen molar-refractivity contribution in [2.24, 2.45) is 5.92 Å². The maximum Gasteiger partial charge on any atom is 0.179 e. The van der Waals surface area contributed by atoms with E-state index in [4.69, 9.17) is 11.6 Å². The molecule has 1 N–H and O–H groups in total. The number of pyridine rings is 1. The van der Waals surface area contributed by atoms with Gasteiger partial charge in [0.25, 0.3) is 0 Å². The summed E-state index contributed by atoms with van der Waals surface area (Å²) < 4.78 is 0. The van der Waals surface area contributed by atoms with Gasteiger partial charge in [-0.05, 0) is 67.6 Å². The molecule has 0 spiro atoms. The molecule has 0 amide bonds. The molecule has 2 aromatic heterocycles. The van der Waals surface area contributed by atoms with E-state index < -0.39 is 0 Å². The van der Waals surface area contributed by atoms with Crippen molar-refractivity contribution in [2.45, 2.75) is 32.1 Å². The van der Waals surface area contributed by atoms with Gasteiger partial charge in [0.15, 0.2) is 5.78 Å². The summed E-state index contributed by atoms with van der Waals surface area (Å²) in [6.07, 6.45) is 4.73. The van der Waals surface area contributed by atoms with Crippen LogP contribution in [0.25, 0.3) is 10.9 Å². The van der Waals surface area contributed by atoms with Gasteiger partial charge in [0.2, 0.25) is 0 Å². The van der Waals surface area contributed by atoms with Crippen molar-refractivity contribution in [3.63, 3.8) is 0 Å². The second-order valence-corrected chi connectivity index (χ2v) is 7.18. The summed E-state index contributed by atoms with van der Waals surface area (Å²) in [5.41, 5.74) is 3.84. The van der Waals surface area contributed by atoms with E-state index in [0.717, 1.165) is 16.6 Å². The fraction of sp³-hybridized carbons (Fsp3) is 0.300. The first-order valence-corrected chi connectivity index (χ1v) is 8.72. The topological polar surface area (TPSA) is 45.8 Å². The lowest BCUT2D eigenvalue weighted by atomic mass is 9.91. The van der Waals surface area contributed by atoms with E-state index in [1.54, 1.807) is 0 Å². The average molecular weight is 339 g/mol. The molecule has 1 aromatic carbocycles. The fourth-order valence-electron chi connectivity index (χ4n) is 3.34. The van der Waals surface area contributed by atoms with Crippen molar-refractivity contribution in [3.8, 4) is 0 Å². The van der Waals surface area contributed by atoms with Gasteiger partial charge < -0.3 is 4.98 Å². The maximum atomic E-state index is 12.8. The minimum absolute atomic E-state index is 0.141. The van der Waals surface area contributed by atoms with E-state index in [9.17, 15) is 4.79 Å². The zero-order chi connectivity index (χ0) is 16.7. The minimum atomic E-state index is 0.141. The molecule has 122 valence electrons. The van der Waals surface area contributed by atoms with Crippen LogP contribution in [0, 0.1) is 12.8 Å². The average Bonchev–Trinajstić information content (AvgIpc) is 3.31. The van der Waals surface area contributed by atoms with Gasteiger partial charge in [0.05, 0.1) is 5.69 Å². The zero-order valence-electron chi connectivity index (χ0n) is 13.6. The Morgan fingerprint density at radius 2 is 2.12 bits per heavy atom. The predicted octanol–water partition coefficient (Wildman–Crippen LogP) is 5.29. The molecule has 0 bridgehead atoms. The van der Waals surface area contributed by atoms with Crippen molar-refractivity contribution in [2.75, 3.05) is 0 Å². The second kappa shape index (κ2) is 6.06. The van der Waals surface area contributed by atoms with E-state index in [2.05, 4.69) is 23.0 Å². The molecule has 4 rings (SSSR count). The number of rotatable bonds is 5. The number of fused-ring (bicyclic) bond motifs is 1. The molecule has 24 heavy (non-hydrogen) atoms. The number of aryl methyl sites for hydroxylation is 1. The van der Waals surface area contributed by atoms with Gasteiger partial charge in [0, 0.05) is 40.2 Å². The number of Topliss-reactive ketones (excluding diaryl/α,β-unsaturated/α-hetero) is 1. The highest BCUT2D eigenvalue weighted by Crippen LogP contribution is 2.44. The normalized spacial score (nSPS) is 15.6. The molecule has 1 aliphatic carbocycles. The van der Waals surface area contributed by atoms with Gasteiger partial charge in [-0.1, -0.05) is 11.6 Å². The molecule has 1 saturated carbocycles. The molecule has 0 aliphatic heterocycles. The fourth-order valence-corrected chi connectivity index (χ4v) is 3.52. The number of nitrogens with one attached hydrogen (secondary N) is 1. The Bertz CT molecular complexity index is 911. The minimum Gasteiger partial charge on any atom is -0.352 e. The molecule has 0 radical (unpaired) electrons. The highest BCUT2D eigenvalue weighted by Gasteiger charge is 2.35. The number of nitrogens with zero attached hydrogens (tertiary/aromatic N) is 1. The first kappa shape index (κ1) is 15.4. The first-order chi connectivity index (χ1) is 11.6. The molecular weight excluding hydrogens is 320 g/mol.